The van der Waals surface area contributed by atoms with Crippen molar-refractivity contribution in [2.75, 3.05) is 17.3 Å². The maximum absolute atomic E-state index is 12.6. The number of benzene rings is 1. The third-order valence-electron chi connectivity index (χ3n) is 3.87. The van der Waals surface area contributed by atoms with Gasteiger partial charge in [0.2, 0.25) is 0 Å². The summed E-state index contributed by atoms with van der Waals surface area (Å²) in [5.74, 6) is 0.484. The van der Waals surface area contributed by atoms with Crippen LogP contribution in [0.25, 0.3) is 0 Å². The van der Waals surface area contributed by atoms with Crippen LogP contribution in [0.2, 0.25) is 0 Å². The molecule has 0 aromatic heterocycles. The molecular formula is C15H19ClF3N. The second kappa shape index (κ2) is 6.70. The van der Waals surface area contributed by atoms with E-state index in [1.165, 1.54) is 19.3 Å². The van der Waals surface area contributed by atoms with Crippen LogP contribution in [0.4, 0.5) is 18.9 Å². The first-order valence-corrected chi connectivity index (χ1v) is 7.55. The van der Waals surface area contributed by atoms with E-state index in [1.54, 1.807) is 12.1 Å². The van der Waals surface area contributed by atoms with Gasteiger partial charge in [0.25, 0.3) is 0 Å². The van der Waals surface area contributed by atoms with Crippen molar-refractivity contribution in [3.8, 4) is 0 Å². The fraction of sp³-hybridized carbons (Fsp3) is 0.600. The van der Waals surface area contributed by atoms with Crippen molar-refractivity contribution < 1.29 is 13.2 Å². The third-order valence-corrected chi connectivity index (χ3v) is 4.04. The van der Waals surface area contributed by atoms with Crippen molar-refractivity contribution in [1.82, 2.24) is 0 Å². The minimum absolute atomic E-state index is 0.402. The molecule has 0 unspecified atom stereocenters. The van der Waals surface area contributed by atoms with Gasteiger partial charge in [0.15, 0.2) is 0 Å². The van der Waals surface area contributed by atoms with Gasteiger partial charge in [-0.05, 0) is 37.1 Å². The van der Waals surface area contributed by atoms with E-state index in [2.05, 4.69) is 4.90 Å². The van der Waals surface area contributed by atoms with Crippen LogP contribution >= 0.6 is 11.6 Å². The highest BCUT2D eigenvalue weighted by molar-refractivity contribution is 6.18. The summed E-state index contributed by atoms with van der Waals surface area (Å²) < 4.78 is 37.8. The molecule has 0 amide bonds. The van der Waals surface area contributed by atoms with Gasteiger partial charge in [-0.3, -0.25) is 0 Å². The first-order chi connectivity index (χ1) is 9.52. The number of hydrogen-bond donors (Lipinski definition) is 0. The van der Waals surface area contributed by atoms with Gasteiger partial charge in [-0.25, -0.2) is 0 Å². The number of hydrogen-bond acceptors (Lipinski definition) is 1. The van der Waals surface area contributed by atoms with Gasteiger partial charge in [-0.15, -0.1) is 11.6 Å². The molecule has 0 N–H and O–H groups in total. The number of halogens is 4. The Morgan fingerprint density at radius 1 is 1.05 bits per heavy atom. The molecule has 0 saturated heterocycles. The van der Waals surface area contributed by atoms with Crippen LogP contribution in [0.1, 0.15) is 37.7 Å². The van der Waals surface area contributed by atoms with E-state index < -0.39 is 11.7 Å². The Bertz CT molecular complexity index is 410. The van der Waals surface area contributed by atoms with Crippen molar-refractivity contribution in [2.45, 2.75) is 44.3 Å². The monoisotopic (exact) mass is 305 g/mol. The van der Waals surface area contributed by atoms with Crippen LogP contribution in [-0.2, 0) is 6.18 Å². The summed E-state index contributed by atoms with van der Waals surface area (Å²) in [6.07, 6.45) is 1.53. The standard InChI is InChI=1S/C15H19ClF3N/c16-10-11-20(13-4-2-1-3-5-13)14-8-6-12(7-9-14)15(17,18)19/h6-9,13H,1-5,10-11H2. The van der Waals surface area contributed by atoms with E-state index in [-0.39, 0.29) is 0 Å². The highest BCUT2D eigenvalue weighted by atomic mass is 35.5. The Kier molecular flexibility index (Phi) is 5.19. The maximum Gasteiger partial charge on any atom is 0.416 e. The topological polar surface area (TPSA) is 3.24 Å². The Balaban J connectivity index is 2.16. The summed E-state index contributed by atoms with van der Waals surface area (Å²) in [6.45, 7) is 0.678. The second-order valence-electron chi connectivity index (χ2n) is 5.22. The van der Waals surface area contributed by atoms with E-state index in [1.807, 2.05) is 0 Å². The molecule has 1 aromatic carbocycles. The van der Waals surface area contributed by atoms with Crippen LogP contribution in [0.3, 0.4) is 0 Å². The zero-order valence-corrected chi connectivity index (χ0v) is 12.1. The number of nitrogens with zero attached hydrogens (tertiary/aromatic N) is 1. The molecule has 1 aliphatic rings. The van der Waals surface area contributed by atoms with Gasteiger partial charge in [0.1, 0.15) is 0 Å². The Morgan fingerprint density at radius 2 is 1.65 bits per heavy atom. The van der Waals surface area contributed by atoms with E-state index in [9.17, 15) is 13.2 Å². The second-order valence-corrected chi connectivity index (χ2v) is 5.60. The van der Waals surface area contributed by atoms with Gasteiger partial charge in [-0.1, -0.05) is 19.3 Å². The summed E-state index contributed by atoms with van der Waals surface area (Å²) in [5, 5.41) is 0. The molecule has 1 aromatic rings. The lowest BCUT2D eigenvalue weighted by atomic mass is 9.93. The minimum Gasteiger partial charge on any atom is -0.367 e. The first-order valence-electron chi connectivity index (χ1n) is 7.02. The van der Waals surface area contributed by atoms with Crippen molar-refractivity contribution in [1.29, 1.82) is 0 Å². The summed E-state index contributed by atoms with van der Waals surface area (Å²) in [6, 6.07) is 5.83. The van der Waals surface area contributed by atoms with Crippen LogP contribution in [0.5, 0.6) is 0 Å². The number of rotatable bonds is 4. The highest BCUT2D eigenvalue weighted by Gasteiger charge is 2.30. The predicted octanol–water partition coefficient (Wildman–Crippen LogP) is 5.08. The summed E-state index contributed by atoms with van der Waals surface area (Å²) in [5.41, 5.74) is 0.237. The Labute approximate surface area is 122 Å². The van der Waals surface area contributed by atoms with E-state index >= 15 is 0 Å². The molecule has 0 aliphatic heterocycles. The molecule has 1 saturated carbocycles. The molecular weight excluding hydrogens is 287 g/mol. The van der Waals surface area contributed by atoms with E-state index in [4.69, 9.17) is 11.6 Å². The number of alkyl halides is 4. The van der Waals surface area contributed by atoms with Crippen LogP contribution in [0.15, 0.2) is 24.3 Å². The van der Waals surface area contributed by atoms with E-state index in [0.717, 1.165) is 30.7 Å². The third kappa shape index (κ3) is 3.81. The molecule has 20 heavy (non-hydrogen) atoms. The van der Waals surface area contributed by atoms with Gasteiger partial charge >= 0.3 is 6.18 Å². The maximum atomic E-state index is 12.6. The zero-order valence-electron chi connectivity index (χ0n) is 11.3. The molecule has 1 nitrogen and oxygen atoms in total. The minimum atomic E-state index is -4.28. The van der Waals surface area contributed by atoms with Crippen LogP contribution in [0, 0.1) is 0 Å². The predicted molar refractivity (Wildman–Crippen MR) is 76.4 cm³/mol. The first kappa shape index (κ1) is 15.5. The molecule has 1 fully saturated rings. The van der Waals surface area contributed by atoms with Crippen molar-refractivity contribution in [3.63, 3.8) is 0 Å². The summed E-state index contributed by atoms with van der Waals surface area (Å²) >= 11 is 5.85. The SMILES string of the molecule is FC(F)(F)c1ccc(N(CCCl)C2CCCCC2)cc1. The Morgan fingerprint density at radius 3 is 2.15 bits per heavy atom. The van der Waals surface area contributed by atoms with Gasteiger partial charge in [0.05, 0.1) is 5.56 Å². The van der Waals surface area contributed by atoms with E-state index in [0.29, 0.717) is 18.5 Å². The largest absolute Gasteiger partial charge is 0.416 e. The van der Waals surface area contributed by atoms with Crippen LogP contribution in [-0.4, -0.2) is 18.5 Å². The molecule has 1 aliphatic carbocycles. The quantitative estimate of drug-likeness (QED) is 0.701. The molecule has 2 rings (SSSR count). The highest BCUT2D eigenvalue weighted by Crippen LogP contribution is 2.32. The van der Waals surface area contributed by atoms with Crippen molar-refractivity contribution in [3.05, 3.63) is 29.8 Å². The van der Waals surface area contributed by atoms with Gasteiger partial charge in [0, 0.05) is 24.2 Å². The van der Waals surface area contributed by atoms with Crippen LogP contribution < -0.4 is 4.90 Å². The molecule has 0 radical (unpaired) electrons. The van der Waals surface area contributed by atoms with Gasteiger partial charge in [-0.2, -0.15) is 13.2 Å². The fourth-order valence-corrected chi connectivity index (χ4v) is 3.03. The zero-order chi connectivity index (χ0) is 14.6. The molecule has 0 atom stereocenters. The lowest BCUT2D eigenvalue weighted by Crippen LogP contribution is -2.38. The van der Waals surface area contributed by atoms with Crippen molar-refractivity contribution >= 4 is 17.3 Å². The Hall–Kier alpha value is -0.900. The summed E-state index contributed by atoms with van der Waals surface area (Å²) in [4.78, 5) is 2.16. The molecule has 0 heterocycles. The fourth-order valence-electron chi connectivity index (χ4n) is 2.85. The molecule has 0 bridgehead atoms. The average Bonchev–Trinajstić information content (AvgIpc) is 2.45. The molecule has 112 valence electrons. The average molecular weight is 306 g/mol. The lowest BCUT2D eigenvalue weighted by molar-refractivity contribution is -0.137. The molecule has 5 heteroatoms. The van der Waals surface area contributed by atoms with Crippen molar-refractivity contribution in [2.24, 2.45) is 0 Å². The molecule has 0 spiro atoms. The summed E-state index contributed by atoms with van der Waals surface area (Å²) in [7, 11) is 0. The smallest absolute Gasteiger partial charge is 0.367 e. The van der Waals surface area contributed by atoms with Gasteiger partial charge < -0.3 is 4.90 Å². The normalized spacial score (nSPS) is 17.2. The lowest BCUT2D eigenvalue weighted by Gasteiger charge is -2.36. The number of anilines is 1.